The maximum absolute atomic E-state index is 13.4. The standard InChI is InChI=1S/C24H35FN4O2/c1-2-26-14-16-29(17-15-26)23(30)19-6-10-27(11-7-19)22-8-12-28(13-9-22)24(31)20-4-3-5-21(25)18-20/h3-5,18-19,22H,2,6-17H2,1H3. The summed E-state index contributed by atoms with van der Waals surface area (Å²) in [5, 5.41) is 0. The smallest absolute Gasteiger partial charge is 0.253 e. The Morgan fingerprint density at radius 2 is 1.58 bits per heavy atom. The molecule has 6 nitrogen and oxygen atoms in total. The van der Waals surface area contributed by atoms with Crippen LogP contribution in [0.5, 0.6) is 0 Å². The van der Waals surface area contributed by atoms with Crippen LogP contribution in [0, 0.1) is 11.7 Å². The van der Waals surface area contributed by atoms with Gasteiger partial charge in [0, 0.05) is 56.8 Å². The number of likely N-dealkylation sites (tertiary alicyclic amines) is 2. The third-order valence-corrected chi connectivity index (χ3v) is 7.35. The van der Waals surface area contributed by atoms with Crippen LogP contribution in [0.1, 0.15) is 43.0 Å². The second-order valence-corrected chi connectivity index (χ2v) is 9.10. The fraction of sp³-hybridized carbons (Fsp3) is 0.667. The molecule has 170 valence electrons. The van der Waals surface area contributed by atoms with Crippen molar-refractivity contribution in [2.75, 3.05) is 58.9 Å². The van der Waals surface area contributed by atoms with Gasteiger partial charge in [-0.2, -0.15) is 0 Å². The highest BCUT2D eigenvalue weighted by Crippen LogP contribution is 2.26. The highest BCUT2D eigenvalue weighted by Gasteiger charge is 2.34. The van der Waals surface area contributed by atoms with Crippen molar-refractivity contribution in [2.45, 2.75) is 38.6 Å². The highest BCUT2D eigenvalue weighted by molar-refractivity contribution is 5.94. The predicted octanol–water partition coefficient (Wildman–Crippen LogP) is 2.31. The molecular formula is C24H35FN4O2. The molecule has 3 aliphatic heterocycles. The molecule has 0 radical (unpaired) electrons. The first-order valence-electron chi connectivity index (χ1n) is 11.8. The largest absolute Gasteiger partial charge is 0.340 e. The first kappa shape index (κ1) is 22.2. The van der Waals surface area contributed by atoms with Gasteiger partial charge in [0.15, 0.2) is 0 Å². The number of likely N-dealkylation sites (N-methyl/N-ethyl adjacent to an activating group) is 1. The van der Waals surface area contributed by atoms with Crippen LogP contribution in [0.3, 0.4) is 0 Å². The van der Waals surface area contributed by atoms with E-state index in [-0.39, 0.29) is 17.6 Å². The van der Waals surface area contributed by atoms with E-state index in [0.717, 1.165) is 71.5 Å². The molecule has 0 atom stereocenters. The van der Waals surface area contributed by atoms with Gasteiger partial charge in [0.2, 0.25) is 5.91 Å². The minimum absolute atomic E-state index is 0.0783. The molecule has 0 saturated carbocycles. The first-order valence-corrected chi connectivity index (χ1v) is 11.8. The van der Waals surface area contributed by atoms with E-state index in [4.69, 9.17) is 0 Å². The van der Waals surface area contributed by atoms with Crippen LogP contribution in [0.25, 0.3) is 0 Å². The molecule has 4 rings (SSSR count). The van der Waals surface area contributed by atoms with Crippen LogP contribution in [0.15, 0.2) is 24.3 Å². The Bertz CT molecular complexity index is 765. The summed E-state index contributed by atoms with van der Waals surface area (Å²) in [7, 11) is 0. The molecule has 0 N–H and O–H groups in total. The number of nitrogens with zero attached hydrogens (tertiary/aromatic N) is 4. The second kappa shape index (κ2) is 10.1. The van der Waals surface area contributed by atoms with Crippen LogP contribution < -0.4 is 0 Å². The lowest BCUT2D eigenvalue weighted by Crippen LogP contribution is -2.53. The monoisotopic (exact) mass is 430 g/mol. The topological polar surface area (TPSA) is 47.1 Å². The number of hydrogen-bond acceptors (Lipinski definition) is 4. The Balaban J connectivity index is 1.21. The van der Waals surface area contributed by atoms with Gasteiger partial charge in [-0.05, 0) is 63.5 Å². The van der Waals surface area contributed by atoms with E-state index in [1.807, 2.05) is 4.90 Å². The number of carbonyl (C=O) groups excluding carboxylic acids is 2. The molecule has 0 aliphatic carbocycles. The third-order valence-electron chi connectivity index (χ3n) is 7.35. The van der Waals surface area contributed by atoms with E-state index in [1.54, 1.807) is 12.1 Å². The van der Waals surface area contributed by atoms with Gasteiger partial charge in [0.25, 0.3) is 5.91 Å². The van der Waals surface area contributed by atoms with Crippen molar-refractivity contribution in [3.8, 4) is 0 Å². The Kier molecular flexibility index (Phi) is 7.23. The van der Waals surface area contributed by atoms with Gasteiger partial charge in [-0.1, -0.05) is 13.0 Å². The number of amides is 2. The van der Waals surface area contributed by atoms with Gasteiger partial charge in [-0.25, -0.2) is 4.39 Å². The summed E-state index contributed by atoms with van der Waals surface area (Å²) in [6, 6.07) is 6.42. The van der Waals surface area contributed by atoms with Crippen LogP contribution in [-0.2, 0) is 4.79 Å². The maximum Gasteiger partial charge on any atom is 0.253 e. The predicted molar refractivity (Wildman–Crippen MR) is 118 cm³/mol. The van der Waals surface area contributed by atoms with Gasteiger partial charge in [-0.3, -0.25) is 9.59 Å². The van der Waals surface area contributed by atoms with Crippen molar-refractivity contribution in [1.29, 1.82) is 0 Å². The van der Waals surface area contributed by atoms with Crippen molar-refractivity contribution in [3.63, 3.8) is 0 Å². The molecule has 3 aliphatic rings. The summed E-state index contributed by atoms with van der Waals surface area (Å²) in [5.41, 5.74) is 0.428. The lowest BCUT2D eigenvalue weighted by molar-refractivity contribution is -0.139. The number of halogens is 1. The van der Waals surface area contributed by atoms with Crippen molar-refractivity contribution in [3.05, 3.63) is 35.6 Å². The zero-order valence-electron chi connectivity index (χ0n) is 18.6. The fourth-order valence-electron chi connectivity index (χ4n) is 5.29. The van der Waals surface area contributed by atoms with Crippen LogP contribution in [0.4, 0.5) is 4.39 Å². The Labute approximate surface area is 185 Å². The van der Waals surface area contributed by atoms with E-state index < -0.39 is 0 Å². The minimum Gasteiger partial charge on any atom is -0.340 e. The average molecular weight is 431 g/mol. The van der Waals surface area contributed by atoms with Crippen molar-refractivity contribution < 1.29 is 14.0 Å². The van der Waals surface area contributed by atoms with Crippen LogP contribution >= 0.6 is 0 Å². The lowest BCUT2D eigenvalue weighted by atomic mass is 9.92. The molecule has 0 unspecified atom stereocenters. The highest BCUT2D eigenvalue weighted by atomic mass is 19.1. The first-order chi connectivity index (χ1) is 15.0. The minimum atomic E-state index is -0.370. The summed E-state index contributed by atoms with van der Waals surface area (Å²) in [6.45, 7) is 10.3. The number of piperazine rings is 1. The van der Waals surface area contributed by atoms with Crippen molar-refractivity contribution in [1.82, 2.24) is 19.6 Å². The molecule has 1 aromatic carbocycles. The van der Waals surface area contributed by atoms with Crippen molar-refractivity contribution in [2.24, 2.45) is 5.92 Å². The lowest BCUT2D eigenvalue weighted by Gasteiger charge is -2.42. The molecule has 3 fully saturated rings. The summed E-state index contributed by atoms with van der Waals surface area (Å²) in [6.07, 6.45) is 3.77. The van der Waals surface area contributed by atoms with E-state index in [1.165, 1.54) is 12.1 Å². The van der Waals surface area contributed by atoms with Crippen LogP contribution in [0.2, 0.25) is 0 Å². The third kappa shape index (κ3) is 5.26. The molecule has 0 bridgehead atoms. The zero-order valence-corrected chi connectivity index (χ0v) is 18.6. The Morgan fingerprint density at radius 3 is 2.19 bits per heavy atom. The number of benzene rings is 1. The second-order valence-electron chi connectivity index (χ2n) is 9.10. The van der Waals surface area contributed by atoms with Gasteiger partial charge >= 0.3 is 0 Å². The molecule has 1 aromatic rings. The van der Waals surface area contributed by atoms with Crippen molar-refractivity contribution >= 4 is 11.8 Å². The summed E-state index contributed by atoms with van der Waals surface area (Å²) in [5.74, 6) is 0.0702. The quantitative estimate of drug-likeness (QED) is 0.736. The Morgan fingerprint density at radius 1 is 0.903 bits per heavy atom. The summed E-state index contributed by atoms with van der Waals surface area (Å²) >= 11 is 0. The molecule has 3 heterocycles. The number of piperidine rings is 2. The number of carbonyl (C=O) groups is 2. The van der Waals surface area contributed by atoms with Gasteiger partial charge in [0.05, 0.1) is 0 Å². The van der Waals surface area contributed by atoms with E-state index in [0.29, 0.717) is 30.6 Å². The van der Waals surface area contributed by atoms with Gasteiger partial charge < -0.3 is 19.6 Å². The average Bonchev–Trinajstić information content (AvgIpc) is 2.83. The van der Waals surface area contributed by atoms with E-state index in [2.05, 4.69) is 21.6 Å². The van der Waals surface area contributed by atoms with E-state index in [9.17, 15) is 14.0 Å². The molecule has 0 aromatic heterocycles. The Hall–Kier alpha value is -1.99. The van der Waals surface area contributed by atoms with Gasteiger partial charge in [-0.15, -0.1) is 0 Å². The maximum atomic E-state index is 13.4. The van der Waals surface area contributed by atoms with Gasteiger partial charge in [0.1, 0.15) is 5.82 Å². The molecule has 7 heteroatoms. The number of rotatable bonds is 4. The summed E-state index contributed by atoms with van der Waals surface area (Å²) in [4.78, 5) is 34.4. The number of hydrogen-bond donors (Lipinski definition) is 0. The molecule has 0 spiro atoms. The van der Waals surface area contributed by atoms with E-state index >= 15 is 0 Å². The normalized spacial score (nSPS) is 22.6. The van der Waals surface area contributed by atoms with Crippen LogP contribution in [-0.4, -0.2) is 96.4 Å². The SMILES string of the molecule is CCN1CCN(C(=O)C2CCN(C3CCN(C(=O)c4cccc(F)c4)CC3)CC2)CC1. The molecular weight excluding hydrogens is 395 g/mol. The summed E-state index contributed by atoms with van der Waals surface area (Å²) < 4.78 is 13.4. The molecule has 31 heavy (non-hydrogen) atoms. The molecule has 2 amide bonds. The fourth-order valence-corrected chi connectivity index (χ4v) is 5.29. The zero-order chi connectivity index (χ0) is 21.8. The molecule has 3 saturated heterocycles.